The maximum Gasteiger partial charge on any atom is 0.250 e. The highest BCUT2D eigenvalue weighted by Gasteiger charge is 2.14. The number of aromatic nitrogens is 3. The van der Waals surface area contributed by atoms with Gasteiger partial charge in [0.15, 0.2) is 11.0 Å². The number of primary amides is 1. The van der Waals surface area contributed by atoms with Crippen LogP contribution in [0.4, 0.5) is 10.1 Å². The maximum absolute atomic E-state index is 13.1. The number of thioether (sulfide) groups is 1. The lowest BCUT2D eigenvalue weighted by molar-refractivity contribution is -0.113. The van der Waals surface area contributed by atoms with Gasteiger partial charge in [0.2, 0.25) is 5.91 Å². The van der Waals surface area contributed by atoms with E-state index in [2.05, 4.69) is 15.5 Å². The van der Waals surface area contributed by atoms with Crippen molar-refractivity contribution in [3.63, 3.8) is 0 Å². The van der Waals surface area contributed by atoms with Crippen molar-refractivity contribution < 1.29 is 14.0 Å². The molecular formula is C18H16FN5O2S. The number of para-hydroxylation sites is 1. The number of nitrogens with two attached hydrogens (primary N) is 1. The molecule has 0 aliphatic carbocycles. The number of amides is 2. The number of hydrogen-bond donors (Lipinski definition) is 2. The predicted molar refractivity (Wildman–Crippen MR) is 101 cm³/mol. The van der Waals surface area contributed by atoms with Gasteiger partial charge in [-0.15, -0.1) is 10.2 Å². The molecule has 0 spiro atoms. The van der Waals surface area contributed by atoms with Crippen LogP contribution in [-0.2, 0) is 11.8 Å². The molecule has 1 aromatic heterocycles. The molecule has 2 aromatic carbocycles. The second-order valence-electron chi connectivity index (χ2n) is 5.62. The molecule has 3 rings (SSSR count). The van der Waals surface area contributed by atoms with Gasteiger partial charge >= 0.3 is 0 Å². The number of benzene rings is 2. The van der Waals surface area contributed by atoms with Crippen LogP contribution in [0.15, 0.2) is 53.7 Å². The zero-order valence-corrected chi connectivity index (χ0v) is 15.2. The number of rotatable bonds is 6. The van der Waals surface area contributed by atoms with Gasteiger partial charge in [-0.3, -0.25) is 9.59 Å². The zero-order chi connectivity index (χ0) is 19.4. The molecule has 1 heterocycles. The van der Waals surface area contributed by atoms with Crippen LogP contribution >= 0.6 is 11.8 Å². The molecule has 3 N–H and O–H groups in total. The summed E-state index contributed by atoms with van der Waals surface area (Å²) < 4.78 is 14.8. The van der Waals surface area contributed by atoms with Crippen molar-refractivity contribution in [3.8, 4) is 11.4 Å². The van der Waals surface area contributed by atoms with Crippen molar-refractivity contribution in [2.75, 3.05) is 11.1 Å². The fourth-order valence-corrected chi connectivity index (χ4v) is 3.13. The summed E-state index contributed by atoms with van der Waals surface area (Å²) in [7, 11) is 1.77. The zero-order valence-electron chi connectivity index (χ0n) is 14.3. The molecule has 138 valence electrons. The lowest BCUT2D eigenvalue weighted by Gasteiger charge is -2.08. The van der Waals surface area contributed by atoms with E-state index >= 15 is 0 Å². The van der Waals surface area contributed by atoms with Gasteiger partial charge in [-0.2, -0.15) is 0 Å². The van der Waals surface area contributed by atoms with E-state index in [-0.39, 0.29) is 23.0 Å². The minimum atomic E-state index is -0.615. The van der Waals surface area contributed by atoms with Crippen LogP contribution in [0.25, 0.3) is 11.4 Å². The summed E-state index contributed by atoms with van der Waals surface area (Å²) in [5.74, 6) is -0.612. The van der Waals surface area contributed by atoms with Crippen LogP contribution in [0.1, 0.15) is 10.4 Å². The van der Waals surface area contributed by atoms with Gasteiger partial charge in [-0.05, 0) is 36.4 Å². The lowest BCUT2D eigenvalue weighted by atomic mass is 10.1. The van der Waals surface area contributed by atoms with E-state index < -0.39 is 5.91 Å². The largest absolute Gasteiger partial charge is 0.366 e. The van der Waals surface area contributed by atoms with Gasteiger partial charge in [0.25, 0.3) is 5.91 Å². The number of halogens is 1. The van der Waals surface area contributed by atoms with Crippen LogP contribution in [0.5, 0.6) is 0 Å². The Morgan fingerprint density at radius 1 is 1.15 bits per heavy atom. The Morgan fingerprint density at radius 2 is 1.85 bits per heavy atom. The molecular weight excluding hydrogens is 369 g/mol. The molecule has 9 heteroatoms. The standard InChI is InChI=1S/C18H16FN5O2S/c1-24-17(11-6-8-12(19)9-7-11)22-23-18(24)27-10-15(25)21-14-5-3-2-4-13(14)16(20)26/h2-9H,10H2,1H3,(H2,20,26)(H,21,25). The van der Waals surface area contributed by atoms with Gasteiger partial charge in [-0.25, -0.2) is 4.39 Å². The quantitative estimate of drug-likeness (QED) is 0.635. The minimum Gasteiger partial charge on any atom is -0.366 e. The summed E-state index contributed by atoms with van der Waals surface area (Å²) in [5.41, 5.74) is 6.63. The van der Waals surface area contributed by atoms with Crippen LogP contribution in [-0.4, -0.2) is 32.3 Å². The summed E-state index contributed by atoms with van der Waals surface area (Å²) >= 11 is 1.19. The van der Waals surface area contributed by atoms with E-state index in [9.17, 15) is 14.0 Å². The first-order chi connectivity index (χ1) is 13.0. The molecule has 27 heavy (non-hydrogen) atoms. The highest BCUT2D eigenvalue weighted by molar-refractivity contribution is 7.99. The summed E-state index contributed by atoms with van der Waals surface area (Å²) in [5, 5.41) is 11.4. The van der Waals surface area contributed by atoms with E-state index in [0.717, 1.165) is 5.56 Å². The van der Waals surface area contributed by atoms with Crippen LogP contribution < -0.4 is 11.1 Å². The Balaban J connectivity index is 1.66. The molecule has 0 bridgehead atoms. The van der Waals surface area contributed by atoms with Gasteiger partial charge in [0.1, 0.15) is 5.82 Å². The number of carbonyl (C=O) groups is 2. The van der Waals surface area contributed by atoms with E-state index in [4.69, 9.17) is 5.73 Å². The van der Waals surface area contributed by atoms with Crippen LogP contribution in [0, 0.1) is 5.82 Å². The third-order valence-electron chi connectivity index (χ3n) is 3.74. The molecule has 3 aromatic rings. The topological polar surface area (TPSA) is 103 Å². The second-order valence-corrected chi connectivity index (χ2v) is 6.56. The van der Waals surface area contributed by atoms with Crippen LogP contribution in [0.2, 0.25) is 0 Å². The molecule has 0 unspecified atom stereocenters. The normalized spacial score (nSPS) is 10.6. The number of nitrogens with one attached hydrogen (secondary N) is 1. The average Bonchev–Trinajstić information content (AvgIpc) is 3.01. The van der Waals surface area contributed by atoms with E-state index in [0.29, 0.717) is 16.7 Å². The number of carbonyl (C=O) groups excluding carboxylic acids is 2. The van der Waals surface area contributed by atoms with Crippen molar-refractivity contribution in [1.29, 1.82) is 0 Å². The monoisotopic (exact) mass is 385 g/mol. The van der Waals surface area contributed by atoms with Crippen LogP contribution in [0.3, 0.4) is 0 Å². The summed E-state index contributed by atoms with van der Waals surface area (Å²) in [6.07, 6.45) is 0. The fraction of sp³-hybridized carbons (Fsp3) is 0.111. The lowest BCUT2D eigenvalue weighted by Crippen LogP contribution is -2.19. The molecule has 0 fully saturated rings. The van der Waals surface area contributed by atoms with E-state index in [1.807, 2.05) is 0 Å². The summed E-state index contributed by atoms with van der Waals surface area (Å²) in [6.45, 7) is 0. The van der Waals surface area contributed by atoms with Crippen molar-refractivity contribution in [2.45, 2.75) is 5.16 Å². The molecule has 7 nitrogen and oxygen atoms in total. The average molecular weight is 385 g/mol. The number of anilines is 1. The third kappa shape index (κ3) is 4.32. The Labute approximate surface area is 158 Å². The first-order valence-electron chi connectivity index (χ1n) is 7.92. The number of nitrogens with zero attached hydrogens (tertiary/aromatic N) is 3. The predicted octanol–water partition coefficient (Wildman–Crippen LogP) is 2.45. The third-order valence-corrected chi connectivity index (χ3v) is 4.76. The molecule has 0 aliphatic rings. The maximum atomic E-state index is 13.1. The Morgan fingerprint density at radius 3 is 2.56 bits per heavy atom. The molecule has 0 radical (unpaired) electrons. The summed E-state index contributed by atoms with van der Waals surface area (Å²) in [6, 6.07) is 12.4. The van der Waals surface area contributed by atoms with Gasteiger partial charge in [0.05, 0.1) is 17.0 Å². The Hall–Kier alpha value is -3.20. The first-order valence-corrected chi connectivity index (χ1v) is 8.91. The van der Waals surface area contributed by atoms with E-state index in [1.54, 1.807) is 48.0 Å². The van der Waals surface area contributed by atoms with Gasteiger partial charge in [-0.1, -0.05) is 23.9 Å². The van der Waals surface area contributed by atoms with Crippen molar-refractivity contribution >= 4 is 29.3 Å². The second kappa shape index (κ2) is 8.00. The molecule has 0 aliphatic heterocycles. The summed E-state index contributed by atoms with van der Waals surface area (Å²) in [4.78, 5) is 23.6. The molecule has 0 saturated carbocycles. The highest BCUT2D eigenvalue weighted by Crippen LogP contribution is 2.23. The van der Waals surface area contributed by atoms with Crippen molar-refractivity contribution in [2.24, 2.45) is 12.8 Å². The SMILES string of the molecule is Cn1c(SCC(=O)Nc2ccccc2C(N)=O)nnc1-c1ccc(F)cc1. The Bertz CT molecular complexity index is 988. The van der Waals surface area contributed by atoms with Crippen molar-refractivity contribution in [3.05, 3.63) is 59.9 Å². The van der Waals surface area contributed by atoms with Crippen molar-refractivity contribution in [1.82, 2.24) is 14.8 Å². The molecule has 0 saturated heterocycles. The number of hydrogen-bond acceptors (Lipinski definition) is 5. The minimum absolute atomic E-state index is 0.0719. The fourth-order valence-electron chi connectivity index (χ4n) is 2.41. The van der Waals surface area contributed by atoms with Gasteiger partial charge < -0.3 is 15.6 Å². The smallest absolute Gasteiger partial charge is 0.250 e. The van der Waals surface area contributed by atoms with Gasteiger partial charge in [0, 0.05) is 12.6 Å². The van der Waals surface area contributed by atoms with E-state index in [1.165, 1.54) is 23.9 Å². The first kappa shape index (κ1) is 18.6. The molecule has 2 amide bonds. The Kier molecular flexibility index (Phi) is 5.51. The highest BCUT2D eigenvalue weighted by atomic mass is 32.2. The molecule has 0 atom stereocenters.